The molecule has 0 aliphatic rings. The van der Waals surface area contributed by atoms with E-state index in [0.717, 1.165) is 16.9 Å². The number of carboxylic acids is 1. The van der Waals surface area contributed by atoms with Crippen molar-refractivity contribution in [3.8, 4) is 0 Å². The van der Waals surface area contributed by atoms with Crippen molar-refractivity contribution >= 4 is 11.7 Å². The second kappa shape index (κ2) is 4.80. The van der Waals surface area contributed by atoms with Gasteiger partial charge in [0.25, 0.3) is 0 Å². The van der Waals surface area contributed by atoms with E-state index in [-0.39, 0.29) is 17.8 Å². The van der Waals surface area contributed by atoms with Gasteiger partial charge in [-0.05, 0) is 0 Å². The Morgan fingerprint density at radius 2 is 2.26 bits per heavy atom. The Balaban J connectivity index is 2.30. The molecule has 0 unspecified atom stereocenters. The van der Waals surface area contributed by atoms with E-state index in [0.29, 0.717) is 0 Å². The molecular weight excluding hydrogens is 259 g/mol. The molecule has 0 aliphatic carbocycles. The molecule has 98 valence electrons. The van der Waals surface area contributed by atoms with Gasteiger partial charge in [-0.15, -0.1) is 5.10 Å². The molecule has 0 radical (unpaired) electrons. The first kappa shape index (κ1) is 12.6. The van der Waals surface area contributed by atoms with Crippen molar-refractivity contribution in [2.75, 3.05) is 0 Å². The summed E-state index contributed by atoms with van der Waals surface area (Å²) in [6.45, 7) is -0.145. The van der Waals surface area contributed by atoms with Gasteiger partial charge < -0.3 is 5.11 Å². The van der Waals surface area contributed by atoms with E-state index in [9.17, 15) is 19.3 Å². The lowest BCUT2D eigenvalue weighted by atomic mass is 10.2. The van der Waals surface area contributed by atoms with Crippen LogP contribution in [-0.2, 0) is 6.54 Å². The number of carboxylic acid groups (broad SMARTS) is 1. The Kier molecular flexibility index (Phi) is 3.19. The smallest absolute Gasteiger partial charge is 0.358 e. The van der Waals surface area contributed by atoms with Crippen LogP contribution in [0.15, 0.2) is 24.4 Å². The van der Waals surface area contributed by atoms with E-state index >= 15 is 0 Å². The first-order valence-electron chi connectivity index (χ1n) is 5.04. The number of nitro groups is 1. The summed E-state index contributed by atoms with van der Waals surface area (Å²) in [5.41, 5.74) is -0.905. The quantitative estimate of drug-likeness (QED) is 0.654. The summed E-state index contributed by atoms with van der Waals surface area (Å²) in [5.74, 6) is -2.23. The normalized spacial score (nSPS) is 10.4. The molecule has 0 spiro atoms. The van der Waals surface area contributed by atoms with Crippen molar-refractivity contribution in [3.63, 3.8) is 0 Å². The zero-order valence-corrected chi connectivity index (χ0v) is 9.36. The molecule has 1 heterocycles. The van der Waals surface area contributed by atoms with Gasteiger partial charge in [0.2, 0.25) is 5.82 Å². The maximum absolute atomic E-state index is 13.8. The fourth-order valence-electron chi connectivity index (χ4n) is 1.48. The third kappa shape index (κ3) is 2.54. The Hall–Kier alpha value is -2.84. The average molecular weight is 266 g/mol. The minimum Gasteiger partial charge on any atom is -0.476 e. The SMILES string of the molecule is O=C(O)c1cn(Cc2cccc([N+](=O)[O-])c2F)nn1. The molecule has 2 aromatic rings. The summed E-state index contributed by atoms with van der Waals surface area (Å²) in [4.78, 5) is 20.3. The highest BCUT2D eigenvalue weighted by Gasteiger charge is 2.18. The van der Waals surface area contributed by atoms with Crippen LogP contribution in [0.3, 0.4) is 0 Å². The van der Waals surface area contributed by atoms with E-state index in [2.05, 4.69) is 10.3 Å². The summed E-state index contributed by atoms with van der Waals surface area (Å²) in [5, 5.41) is 26.1. The van der Waals surface area contributed by atoms with Crippen LogP contribution in [-0.4, -0.2) is 31.0 Å². The number of nitrogens with zero attached hydrogens (tertiary/aromatic N) is 4. The van der Waals surface area contributed by atoms with E-state index < -0.39 is 22.4 Å². The molecule has 1 aromatic carbocycles. The molecule has 8 nitrogen and oxygen atoms in total. The summed E-state index contributed by atoms with van der Waals surface area (Å²) in [6.07, 6.45) is 1.11. The average Bonchev–Trinajstić information content (AvgIpc) is 2.80. The third-order valence-corrected chi connectivity index (χ3v) is 2.35. The van der Waals surface area contributed by atoms with Crippen molar-refractivity contribution in [2.45, 2.75) is 6.54 Å². The van der Waals surface area contributed by atoms with Gasteiger partial charge in [-0.25, -0.2) is 9.48 Å². The molecule has 19 heavy (non-hydrogen) atoms. The van der Waals surface area contributed by atoms with Gasteiger partial charge in [0.15, 0.2) is 5.69 Å². The van der Waals surface area contributed by atoms with E-state index in [4.69, 9.17) is 5.11 Å². The number of halogens is 1. The minimum absolute atomic E-state index is 0.0241. The predicted molar refractivity (Wildman–Crippen MR) is 59.1 cm³/mol. The number of aromatic carboxylic acids is 1. The molecule has 1 aromatic heterocycles. The maximum Gasteiger partial charge on any atom is 0.358 e. The fraction of sp³-hybridized carbons (Fsp3) is 0.100. The van der Waals surface area contributed by atoms with Crippen molar-refractivity contribution in [1.82, 2.24) is 15.0 Å². The summed E-state index contributed by atoms with van der Waals surface area (Å²) in [7, 11) is 0. The number of aromatic nitrogens is 3. The zero-order chi connectivity index (χ0) is 14.0. The molecule has 0 amide bonds. The lowest BCUT2D eigenvalue weighted by Gasteiger charge is -2.02. The lowest BCUT2D eigenvalue weighted by Crippen LogP contribution is -2.04. The molecule has 0 saturated heterocycles. The zero-order valence-electron chi connectivity index (χ0n) is 9.36. The monoisotopic (exact) mass is 266 g/mol. The standard InChI is InChI=1S/C10H7FN4O4/c11-9-6(2-1-3-8(9)15(18)19)4-14-5-7(10(16)17)12-13-14/h1-3,5H,4H2,(H,16,17). The van der Waals surface area contributed by atoms with Crippen LogP contribution >= 0.6 is 0 Å². The van der Waals surface area contributed by atoms with Crippen molar-refractivity contribution in [2.24, 2.45) is 0 Å². The topological polar surface area (TPSA) is 111 Å². The first-order chi connectivity index (χ1) is 8.99. The van der Waals surface area contributed by atoms with Gasteiger partial charge in [0, 0.05) is 11.6 Å². The Bertz CT molecular complexity index is 655. The van der Waals surface area contributed by atoms with Crippen LogP contribution in [0.1, 0.15) is 16.1 Å². The number of hydrogen-bond donors (Lipinski definition) is 1. The second-order valence-electron chi connectivity index (χ2n) is 3.61. The highest BCUT2D eigenvalue weighted by molar-refractivity contribution is 5.84. The lowest BCUT2D eigenvalue weighted by molar-refractivity contribution is -0.387. The summed E-state index contributed by atoms with van der Waals surface area (Å²) in [6, 6.07) is 3.74. The Morgan fingerprint density at radius 1 is 1.53 bits per heavy atom. The van der Waals surface area contributed by atoms with Crippen LogP contribution in [0, 0.1) is 15.9 Å². The van der Waals surface area contributed by atoms with Crippen molar-refractivity contribution < 1.29 is 19.2 Å². The molecule has 9 heteroatoms. The second-order valence-corrected chi connectivity index (χ2v) is 3.61. The number of nitro benzene ring substituents is 1. The van der Waals surface area contributed by atoms with Crippen LogP contribution in [0.5, 0.6) is 0 Å². The molecule has 0 fully saturated rings. The van der Waals surface area contributed by atoms with E-state index in [1.807, 2.05) is 0 Å². The Morgan fingerprint density at radius 3 is 2.84 bits per heavy atom. The van der Waals surface area contributed by atoms with Gasteiger partial charge >= 0.3 is 11.7 Å². The van der Waals surface area contributed by atoms with Gasteiger partial charge in [0.1, 0.15) is 0 Å². The highest BCUT2D eigenvalue weighted by Crippen LogP contribution is 2.20. The number of hydrogen-bond acceptors (Lipinski definition) is 5. The minimum atomic E-state index is -1.26. The maximum atomic E-state index is 13.8. The molecule has 0 saturated carbocycles. The molecule has 0 atom stereocenters. The fourth-order valence-corrected chi connectivity index (χ4v) is 1.48. The van der Waals surface area contributed by atoms with Crippen LogP contribution in [0.2, 0.25) is 0 Å². The van der Waals surface area contributed by atoms with Gasteiger partial charge in [-0.2, -0.15) is 4.39 Å². The molecule has 1 N–H and O–H groups in total. The van der Waals surface area contributed by atoms with Gasteiger partial charge in [-0.1, -0.05) is 17.3 Å². The van der Waals surface area contributed by atoms with Crippen molar-refractivity contribution in [1.29, 1.82) is 0 Å². The highest BCUT2D eigenvalue weighted by atomic mass is 19.1. The Labute approximate surface area is 105 Å². The number of carbonyl (C=O) groups is 1. The van der Waals surface area contributed by atoms with Crippen LogP contribution in [0.4, 0.5) is 10.1 Å². The molecule has 0 bridgehead atoms. The number of benzene rings is 1. The molecule has 0 aliphatic heterocycles. The van der Waals surface area contributed by atoms with Crippen LogP contribution < -0.4 is 0 Å². The van der Waals surface area contributed by atoms with Gasteiger partial charge in [-0.3, -0.25) is 10.1 Å². The summed E-state index contributed by atoms with van der Waals surface area (Å²) >= 11 is 0. The molecular formula is C10H7FN4O4. The van der Waals surface area contributed by atoms with Gasteiger partial charge in [0.05, 0.1) is 17.7 Å². The summed E-state index contributed by atoms with van der Waals surface area (Å²) < 4.78 is 14.8. The van der Waals surface area contributed by atoms with Crippen molar-refractivity contribution in [3.05, 3.63) is 51.6 Å². The van der Waals surface area contributed by atoms with E-state index in [1.165, 1.54) is 12.1 Å². The first-order valence-corrected chi connectivity index (χ1v) is 5.04. The predicted octanol–water partition coefficient (Wildman–Crippen LogP) is 1.07. The molecule has 2 rings (SSSR count). The third-order valence-electron chi connectivity index (χ3n) is 2.35. The van der Waals surface area contributed by atoms with Crippen LogP contribution in [0.25, 0.3) is 0 Å². The number of rotatable bonds is 4. The largest absolute Gasteiger partial charge is 0.476 e. The van der Waals surface area contributed by atoms with E-state index in [1.54, 1.807) is 0 Å².